The summed E-state index contributed by atoms with van der Waals surface area (Å²) in [4.78, 5) is 22.8. The molecule has 134 valence electrons. The molecule has 4 nitrogen and oxygen atoms in total. The molecule has 0 bridgehead atoms. The number of Topliss-reactive ketones (excluding diaryl/α,β-unsaturated/α-hetero) is 1. The van der Waals surface area contributed by atoms with E-state index >= 15 is 0 Å². The van der Waals surface area contributed by atoms with Crippen LogP contribution in [0.4, 0.5) is 0 Å². The van der Waals surface area contributed by atoms with Crippen LogP contribution >= 0.6 is 21.6 Å². The van der Waals surface area contributed by atoms with E-state index in [1.54, 1.807) is 28.5 Å². The van der Waals surface area contributed by atoms with Crippen molar-refractivity contribution in [2.24, 2.45) is 5.92 Å². The Balaban J connectivity index is 2.06. The summed E-state index contributed by atoms with van der Waals surface area (Å²) in [5.41, 5.74) is -0.333. The highest BCUT2D eigenvalue weighted by molar-refractivity contribution is 8.76. The molecule has 1 aliphatic heterocycles. The third-order valence-electron chi connectivity index (χ3n) is 4.25. The summed E-state index contributed by atoms with van der Waals surface area (Å²) in [6.45, 7) is 8.03. The first-order chi connectivity index (χ1) is 10.9. The molecular formula is C17H32NO3S2+. The van der Waals surface area contributed by atoms with Gasteiger partial charge in [-0.1, -0.05) is 21.6 Å². The number of ketones is 1. The number of hydrogen-bond acceptors (Lipinski definition) is 5. The zero-order valence-electron chi connectivity index (χ0n) is 14.8. The predicted octanol–water partition coefficient (Wildman–Crippen LogP) is 2.81. The second-order valence-electron chi connectivity index (χ2n) is 6.77. The molecule has 0 aliphatic carbocycles. The lowest BCUT2D eigenvalue weighted by molar-refractivity contribution is -0.665. The van der Waals surface area contributed by atoms with E-state index in [0.717, 1.165) is 50.3 Å². The summed E-state index contributed by atoms with van der Waals surface area (Å²) in [5.74, 6) is 2.64. The van der Waals surface area contributed by atoms with Crippen LogP contribution in [-0.2, 0) is 14.3 Å². The largest absolute Gasteiger partial charge is 0.459 e. The van der Waals surface area contributed by atoms with E-state index in [-0.39, 0.29) is 17.4 Å². The van der Waals surface area contributed by atoms with Gasteiger partial charge in [0.1, 0.15) is 11.4 Å². The predicted molar refractivity (Wildman–Crippen MR) is 98.6 cm³/mol. The molecule has 1 fully saturated rings. The van der Waals surface area contributed by atoms with Gasteiger partial charge in [-0.3, -0.25) is 4.79 Å². The Morgan fingerprint density at radius 3 is 2.22 bits per heavy atom. The fourth-order valence-corrected chi connectivity index (χ4v) is 5.00. The van der Waals surface area contributed by atoms with E-state index in [0.29, 0.717) is 18.8 Å². The topological polar surface area (TPSA) is 60.0 Å². The quantitative estimate of drug-likeness (QED) is 0.348. The van der Waals surface area contributed by atoms with Gasteiger partial charge in [0.05, 0.1) is 13.1 Å². The van der Waals surface area contributed by atoms with Gasteiger partial charge < -0.3 is 14.8 Å². The first kappa shape index (κ1) is 20.8. The zero-order valence-corrected chi connectivity index (χ0v) is 16.4. The second kappa shape index (κ2) is 11.4. The molecule has 0 aromatic carbocycles. The van der Waals surface area contributed by atoms with E-state index < -0.39 is 0 Å². The summed E-state index contributed by atoms with van der Waals surface area (Å²) < 4.78 is 5.74. The van der Waals surface area contributed by atoms with E-state index in [1.807, 2.05) is 0 Å². The minimum atomic E-state index is -0.333. The first-order valence-corrected chi connectivity index (χ1v) is 11.2. The zero-order chi connectivity index (χ0) is 17.1. The number of rotatable bonds is 11. The molecule has 0 spiro atoms. The SMILES string of the molecule is CC(=O)CCCSSCCCC(=O)OC(C)(C)C1CC[NH2+]CC1. The average Bonchev–Trinajstić information content (AvgIpc) is 2.50. The highest BCUT2D eigenvalue weighted by atomic mass is 33.1. The molecule has 0 saturated carbocycles. The fraction of sp³-hybridized carbons (Fsp3) is 0.882. The van der Waals surface area contributed by atoms with E-state index in [4.69, 9.17) is 4.74 Å². The van der Waals surface area contributed by atoms with Crippen LogP contribution in [0.25, 0.3) is 0 Å². The van der Waals surface area contributed by atoms with Crippen LogP contribution in [0.1, 0.15) is 59.3 Å². The summed E-state index contributed by atoms with van der Waals surface area (Å²) in [6, 6.07) is 0. The molecule has 0 aromatic rings. The van der Waals surface area contributed by atoms with Crippen LogP contribution in [0, 0.1) is 5.92 Å². The van der Waals surface area contributed by atoms with Gasteiger partial charge in [0.15, 0.2) is 0 Å². The molecule has 6 heteroatoms. The smallest absolute Gasteiger partial charge is 0.306 e. The Hall–Kier alpha value is -0.200. The molecule has 2 N–H and O–H groups in total. The van der Waals surface area contributed by atoms with Gasteiger partial charge in [-0.2, -0.15) is 0 Å². The number of ether oxygens (including phenoxy) is 1. The third kappa shape index (κ3) is 9.62. The molecule has 23 heavy (non-hydrogen) atoms. The van der Waals surface area contributed by atoms with Gasteiger partial charge in [-0.05, 0) is 33.6 Å². The van der Waals surface area contributed by atoms with E-state index in [1.165, 1.54) is 0 Å². The van der Waals surface area contributed by atoms with Crippen molar-refractivity contribution in [3.8, 4) is 0 Å². The van der Waals surface area contributed by atoms with Crippen molar-refractivity contribution < 1.29 is 19.6 Å². The van der Waals surface area contributed by atoms with Gasteiger partial charge in [0.25, 0.3) is 0 Å². The number of carbonyl (C=O) groups is 2. The van der Waals surface area contributed by atoms with Gasteiger partial charge in [-0.25, -0.2) is 0 Å². The number of piperidine rings is 1. The van der Waals surface area contributed by atoms with Gasteiger partial charge in [0.2, 0.25) is 0 Å². The van der Waals surface area contributed by atoms with E-state index in [9.17, 15) is 9.59 Å². The van der Waals surface area contributed by atoms with Crippen LogP contribution in [-0.4, -0.2) is 41.9 Å². The summed E-state index contributed by atoms with van der Waals surface area (Å²) in [6.07, 6.45) is 5.25. The molecule has 1 rings (SSSR count). The maximum absolute atomic E-state index is 12.0. The molecule has 0 aromatic heterocycles. The number of quaternary nitrogens is 1. The van der Waals surface area contributed by atoms with Crippen LogP contribution in [0.3, 0.4) is 0 Å². The van der Waals surface area contributed by atoms with Crippen LogP contribution in [0.5, 0.6) is 0 Å². The van der Waals surface area contributed by atoms with Crippen molar-refractivity contribution >= 4 is 33.3 Å². The number of carbonyl (C=O) groups excluding carboxylic acids is 2. The van der Waals surface area contributed by atoms with Crippen molar-refractivity contribution in [3.63, 3.8) is 0 Å². The standard InChI is InChI=1S/C17H31NO3S2/c1-14(19)6-4-12-22-23-13-5-7-16(20)21-17(2,3)15-8-10-18-11-9-15/h15,18H,4-13H2,1-3H3/p+1. The Morgan fingerprint density at radius 2 is 1.65 bits per heavy atom. The maximum Gasteiger partial charge on any atom is 0.306 e. The van der Waals surface area contributed by atoms with Crippen molar-refractivity contribution in [3.05, 3.63) is 0 Å². The first-order valence-electron chi connectivity index (χ1n) is 8.69. The number of esters is 1. The van der Waals surface area contributed by atoms with Crippen molar-refractivity contribution in [1.82, 2.24) is 0 Å². The fourth-order valence-electron chi connectivity index (χ4n) is 2.82. The van der Waals surface area contributed by atoms with Crippen molar-refractivity contribution in [2.75, 3.05) is 24.6 Å². The normalized spacial score (nSPS) is 16.3. The molecular weight excluding hydrogens is 330 g/mol. The molecule has 0 amide bonds. The molecule has 1 saturated heterocycles. The van der Waals surface area contributed by atoms with Crippen LogP contribution in [0.2, 0.25) is 0 Å². The third-order valence-corrected chi connectivity index (χ3v) is 6.82. The number of nitrogens with two attached hydrogens (primary N) is 1. The molecule has 0 unspecified atom stereocenters. The van der Waals surface area contributed by atoms with E-state index in [2.05, 4.69) is 19.2 Å². The molecule has 0 atom stereocenters. The Bertz CT molecular complexity index is 369. The summed E-state index contributed by atoms with van der Waals surface area (Å²) >= 11 is 0. The van der Waals surface area contributed by atoms with Crippen LogP contribution < -0.4 is 5.32 Å². The second-order valence-corrected chi connectivity index (χ2v) is 9.47. The maximum atomic E-state index is 12.0. The van der Waals surface area contributed by atoms with Gasteiger partial charge in [-0.15, -0.1) is 0 Å². The minimum absolute atomic E-state index is 0.0632. The molecule has 1 heterocycles. The summed E-state index contributed by atoms with van der Waals surface area (Å²) in [5, 5.41) is 2.33. The lowest BCUT2D eigenvalue weighted by atomic mass is 9.83. The Morgan fingerprint density at radius 1 is 1.09 bits per heavy atom. The Kier molecular flexibility index (Phi) is 10.3. The van der Waals surface area contributed by atoms with Gasteiger partial charge in [0, 0.05) is 43.1 Å². The highest BCUT2D eigenvalue weighted by Gasteiger charge is 2.35. The Labute approximate surface area is 148 Å². The van der Waals surface area contributed by atoms with Crippen molar-refractivity contribution in [2.45, 2.75) is 64.9 Å². The minimum Gasteiger partial charge on any atom is -0.459 e. The molecule has 0 radical (unpaired) electrons. The van der Waals surface area contributed by atoms with Crippen LogP contribution in [0.15, 0.2) is 0 Å². The number of hydrogen-bond donors (Lipinski definition) is 1. The lowest BCUT2D eigenvalue weighted by Gasteiger charge is -2.35. The lowest BCUT2D eigenvalue weighted by Crippen LogP contribution is -2.86. The average molecular weight is 363 g/mol. The summed E-state index contributed by atoms with van der Waals surface area (Å²) in [7, 11) is 3.58. The van der Waals surface area contributed by atoms with Crippen molar-refractivity contribution in [1.29, 1.82) is 0 Å². The van der Waals surface area contributed by atoms with Gasteiger partial charge >= 0.3 is 5.97 Å². The molecule has 1 aliphatic rings. The highest BCUT2D eigenvalue weighted by Crippen LogP contribution is 2.29. The monoisotopic (exact) mass is 362 g/mol.